The van der Waals surface area contributed by atoms with Gasteiger partial charge < -0.3 is 28.8 Å². The molecule has 0 aromatic heterocycles. The lowest BCUT2D eigenvalue weighted by molar-refractivity contribution is -0.237. The van der Waals surface area contributed by atoms with Gasteiger partial charge in [-0.3, -0.25) is 0 Å². The van der Waals surface area contributed by atoms with E-state index in [1.54, 1.807) is 39.8 Å². The van der Waals surface area contributed by atoms with Crippen molar-refractivity contribution in [2.24, 2.45) is 0 Å². The van der Waals surface area contributed by atoms with Crippen LogP contribution in [0.2, 0.25) is 0 Å². The summed E-state index contributed by atoms with van der Waals surface area (Å²) in [5.74, 6) is -2.01. The van der Waals surface area contributed by atoms with Crippen LogP contribution >= 0.6 is 0 Å². The predicted molar refractivity (Wildman–Crippen MR) is 96.9 cm³/mol. The highest BCUT2D eigenvalue weighted by Gasteiger charge is 2.72. The maximum atomic E-state index is 13.6. The normalized spacial score (nSPS) is 39.2. The zero-order valence-electron chi connectivity index (χ0n) is 16.5. The Balaban J connectivity index is 1.79. The molecule has 3 aliphatic heterocycles. The van der Waals surface area contributed by atoms with Crippen LogP contribution in [0.25, 0.3) is 0 Å². The molecule has 1 aromatic carbocycles. The van der Waals surface area contributed by atoms with Crippen LogP contribution in [-0.2, 0) is 33.5 Å². The minimum atomic E-state index is -4.29. The Kier molecular flexibility index (Phi) is 4.49. The van der Waals surface area contributed by atoms with Crippen molar-refractivity contribution < 1.29 is 37.2 Å². The molecule has 1 N–H and O–H groups in total. The molecule has 4 rings (SSSR count). The van der Waals surface area contributed by atoms with Gasteiger partial charge in [-0.05, 0) is 46.8 Å². The Morgan fingerprint density at radius 2 is 1.61 bits per heavy atom. The number of aryl methyl sites for hydroxylation is 1. The number of rotatable bonds is 3. The molecule has 0 radical (unpaired) electrons. The van der Waals surface area contributed by atoms with E-state index in [1.807, 2.05) is 6.92 Å². The summed E-state index contributed by atoms with van der Waals surface area (Å²) in [6.07, 6.45) is -4.32. The van der Waals surface area contributed by atoms with Crippen molar-refractivity contribution in [1.29, 1.82) is 0 Å². The Hall–Kier alpha value is -1.07. The third kappa shape index (κ3) is 3.00. The summed E-state index contributed by atoms with van der Waals surface area (Å²) in [5, 5.41) is 11.7. The van der Waals surface area contributed by atoms with E-state index in [0.29, 0.717) is 0 Å². The number of hydrogen-bond donors (Lipinski definition) is 1. The van der Waals surface area contributed by atoms with Crippen molar-refractivity contribution in [2.45, 2.75) is 80.6 Å². The second-order valence-corrected chi connectivity index (χ2v) is 10.5. The van der Waals surface area contributed by atoms with E-state index in [2.05, 4.69) is 0 Å². The smallest absolute Gasteiger partial charge is 0.231 e. The van der Waals surface area contributed by atoms with Gasteiger partial charge in [0.1, 0.15) is 12.2 Å². The lowest BCUT2D eigenvalue weighted by atomic mass is 10.1. The van der Waals surface area contributed by atoms with E-state index in [4.69, 9.17) is 23.7 Å². The summed E-state index contributed by atoms with van der Waals surface area (Å²) >= 11 is 0. The van der Waals surface area contributed by atoms with Crippen LogP contribution in [0.15, 0.2) is 29.2 Å². The van der Waals surface area contributed by atoms with E-state index in [0.717, 1.165) is 5.56 Å². The van der Waals surface area contributed by atoms with Gasteiger partial charge in [0.2, 0.25) is 14.8 Å². The van der Waals surface area contributed by atoms with Crippen LogP contribution in [0.3, 0.4) is 0 Å². The lowest BCUT2D eigenvalue weighted by Gasteiger charge is -2.35. The van der Waals surface area contributed by atoms with Gasteiger partial charge in [0.05, 0.1) is 11.5 Å². The van der Waals surface area contributed by atoms with Crippen molar-refractivity contribution >= 4 is 9.84 Å². The zero-order chi connectivity index (χ0) is 20.5. The highest BCUT2D eigenvalue weighted by molar-refractivity contribution is 7.92. The first-order valence-corrected chi connectivity index (χ1v) is 10.7. The van der Waals surface area contributed by atoms with E-state index in [9.17, 15) is 13.5 Å². The molecule has 3 aliphatic rings. The quantitative estimate of drug-likeness (QED) is 0.794. The van der Waals surface area contributed by atoms with Crippen molar-refractivity contribution in [3.8, 4) is 0 Å². The molecule has 8 nitrogen and oxygen atoms in total. The topological polar surface area (TPSA) is 101 Å². The molecule has 156 valence electrons. The summed E-state index contributed by atoms with van der Waals surface area (Å²) in [6, 6.07) is 6.27. The fraction of sp³-hybridized carbons (Fsp3) is 0.684. The van der Waals surface area contributed by atoms with Gasteiger partial charge in [-0.1, -0.05) is 17.7 Å². The van der Waals surface area contributed by atoms with Crippen LogP contribution in [0, 0.1) is 6.92 Å². The van der Waals surface area contributed by atoms with Gasteiger partial charge in [-0.2, -0.15) is 0 Å². The van der Waals surface area contributed by atoms with E-state index < -0.39 is 50.9 Å². The Bertz CT molecular complexity index is 862. The minimum absolute atomic E-state index is 0.0265. The molecule has 0 saturated carbocycles. The second-order valence-electron chi connectivity index (χ2n) is 8.42. The van der Waals surface area contributed by atoms with E-state index in [-0.39, 0.29) is 11.5 Å². The van der Waals surface area contributed by atoms with Crippen LogP contribution in [0.1, 0.15) is 33.3 Å². The zero-order valence-corrected chi connectivity index (χ0v) is 17.4. The van der Waals surface area contributed by atoms with E-state index >= 15 is 0 Å². The molecule has 3 saturated heterocycles. The van der Waals surface area contributed by atoms with Gasteiger partial charge in [0, 0.05) is 0 Å². The number of ether oxygens (including phenoxy) is 5. The van der Waals surface area contributed by atoms with Gasteiger partial charge in [-0.25, -0.2) is 8.42 Å². The number of fused-ring (bicyclic) bond motifs is 1. The fourth-order valence-corrected chi connectivity index (χ4v) is 5.79. The Morgan fingerprint density at radius 3 is 2.18 bits per heavy atom. The molecular formula is C19H26O8S. The minimum Gasteiger partial charge on any atom is -0.370 e. The highest BCUT2D eigenvalue weighted by atomic mass is 32.2. The maximum Gasteiger partial charge on any atom is 0.231 e. The molecule has 0 aliphatic carbocycles. The molecule has 28 heavy (non-hydrogen) atoms. The Morgan fingerprint density at radius 1 is 0.964 bits per heavy atom. The second kappa shape index (κ2) is 6.21. The summed E-state index contributed by atoms with van der Waals surface area (Å²) in [5.41, 5.74) is 0.902. The molecule has 5 atom stereocenters. The molecule has 0 unspecified atom stereocenters. The maximum absolute atomic E-state index is 13.6. The average Bonchev–Trinajstić information content (AvgIpc) is 3.18. The first-order valence-electron chi connectivity index (χ1n) is 9.22. The highest BCUT2D eigenvalue weighted by Crippen LogP contribution is 2.49. The largest absolute Gasteiger partial charge is 0.370 e. The third-order valence-corrected chi connectivity index (χ3v) is 7.50. The number of benzene rings is 1. The van der Waals surface area contributed by atoms with Gasteiger partial charge in [-0.15, -0.1) is 0 Å². The monoisotopic (exact) mass is 414 g/mol. The van der Waals surface area contributed by atoms with Crippen LogP contribution in [0.4, 0.5) is 0 Å². The van der Waals surface area contributed by atoms with E-state index in [1.165, 1.54) is 12.1 Å². The molecule has 0 amide bonds. The summed E-state index contributed by atoms with van der Waals surface area (Å²) < 4.78 is 55.9. The van der Waals surface area contributed by atoms with Gasteiger partial charge in [0.15, 0.2) is 24.0 Å². The summed E-state index contributed by atoms with van der Waals surface area (Å²) in [6.45, 7) is 8.64. The van der Waals surface area contributed by atoms with Crippen molar-refractivity contribution in [3.63, 3.8) is 0 Å². The summed E-state index contributed by atoms with van der Waals surface area (Å²) in [4.78, 5) is -2.43. The summed E-state index contributed by atoms with van der Waals surface area (Å²) in [7, 11) is -4.29. The van der Waals surface area contributed by atoms with Gasteiger partial charge in [0.25, 0.3) is 0 Å². The van der Waals surface area contributed by atoms with Crippen LogP contribution < -0.4 is 0 Å². The third-order valence-electron chi connectivity index (χ3n) is 5.28. The fourth-order valence-electron chi connectivity index (χ4n) is 3.94. The van der Waals surface area contributed by atoms with Crippen LogP contribution in [0.5, 0.6) is 0 Å². The van der Waals surface area contributed by atoms with Crippen LogP contribution in [-0.4, -0.2) is 61.2 Å². The van der Waals surface area contributed by atoms with Crippen molar-refractivity contribution in [2.75, 3.05) is 6.61 Å². The number of hydrogen-bond acceptors (Lipinski definition) is 8. The SMILES string of the molecule is Cc1ccc(S(=O)(=O)[C@@]2(O)[C@@H]([C@H]3COC(C)(C)O3)O[C@@H]3OC(C)(C)O[C@@H]32)cc1. The molecule has 0 spiro atoms. The molecule has 9 heteroatoms. The number of aliphatic hydroxyl groups is 1. The first kappa shape index (κ1) is 20.2. The van der Waals surface area contributed by atoms with Crippen molar-refractivity contribution in [3.05, 3.63) is 29.8 Å². The van der Waals surface area contributed by atoms with Gasteiger partial charge >= 0.3 is 0 Å². The predicted octanol–water partition coefficient (Wildman–Crippen LogP) is 1.49. The number of sulfone groups is 1. The molecule has 3 fully saturated rings. The first-order chi connectivity index (χ1) is 12.9. The molecule has 0 bridgehead atoms. The molecule has 1 aromatic rings. The molecule has 3 heterocycles. The molecular weight excluding hydrogens is 388 g/mol. The average molecular weight is 414 g/mol. The standard InChI is InChI=1S/C19H26O8S/c1-11-6-8-12(9-7-11)28(21,22)19(20)14(13-10-23-17(2,3)25-13)24-16-15(19)26-18(4,5)27-16/h6-9,13-16,20H,10H2,1-5H3/t13-,14-,15+,16-,19+/m1/s1. The van der Waals surface area contributed by atoms with Crippen molar-refractivity contribution in [1.82, 2.24) is 0 Å². The Labute approximate surface area is 164 Å². The lowest BCUT2D eigenvalue weighted by Crippen LogP contribution is -2.59.